The summed E-state index contributed by atoms with van der Waals surface area (Å²) in [6, 6.07) is 8.75. The molecule has 0 aromatic heterocycles. The second-order valence-corrected chi connectivity index (χ2v) is 6.95. The molecular formula is C18H29NO2. The van der Waals surface area contributed by atoms with Crippen LogP contribution in [-0.2, 0) is 0 Å². The highest BCUT2D eigenvalue weighted by atomic mass is 16.5. The molecule has 0 bridgehead atoms. The van der Waals surface area contributed by atoms with Gasteiger partial charge in [0.2, 0.25) is 0 Å². The van der Waals surface area contributed by atoms with Crippen molar-refractivity contribution in [3.05, 3.63) is 29.8 Å². The van der Waals surface area contributed by atoms with E-state index >= 15 is 0 Å². The number of rotatable bonds is 6. The summed E-state index contributed by atoms with van der Waals surface area (Å²) in [5, 5.41) is 13.3. The number of aliphatic hydroxyl groups is 1. The highest BCUT2D eigenvalue weighted by Crippen LogP contribution is 2.33. The van der Waals surface area contributed by atoms with Crippen LogP contribution >= 0.6 is 0 Å². The highest BCUT2D eigenvalue weighted by Gasteiger charge is 2.40. The summed E-state index contributed by atoms with van der Waals surface area (Å²) < 4.78 is 6.15. The van der Waals surface area contributed by atoms with Crippen molar-refractivity contribution in [2.24, 2.45) is 0 Å². The second-order valence-electron chi connectivity index (χ2n) is 6.95. The Bertz CT molecular complexity index is 458. The predicted molar refractivity (Wildman–Crippen MR) is 86.9 cm³/mol. The third kappa shape index (κ3) is 4.21. The van der Waals surface area contributed by atoms with Gasteiger partial charge in [-0.05, 0) is 36.5 Å². The van der Waals surface area contributed by atoms with Crippen molar-refractivity contribution in [1.29, 1.82) is 0 Å². The fraction of sp³-hybridized carbons (Fsp3) is 0.667. The number of hydrogen-bond acceptors (Lipinski definition) is 3. The first-order valence-electron chi connectivity index (χ1n) is 8.09. The van der Waals surface area contributed by atoms with E-state index in [4.69, 9.17) is 4.74 Å². The van der Waals surface area contributed by atoms with Crippen molar-refractivity contribution in [2.45, 2.75) is 70.6 Å². The van der Waals surface area contributed by atoms with Crippen LogP contribution in [0.4, 0.5) is 0 Å². The zero-order valence-electron chi connectivity index (χ0n) is 13.7. The summed E-state index contributed by atoms with van der Waals surface area (Å²) in [6.07, 6.45) is 3.02. The number of nitrogens with one attached hydrogen (secondary N) is 1. The van der Waals surface area contributed by atoms with E-state index < -0.39 is 0 Å². The Morgan fingerprint density at radius 3 is 2.71 bits per heavy atom. The fourth-order valence-corrected chi connectivity index (χ4v) is 3.25. The van der Waals surface area contributed by atoms with E-state index in [0.717, 1.165) is 25.0 Å². The van der Waals surface area contributed by atoms with E-state index in [1.165, 1.54) is 5.56 Å². The molecule has 0 saturated heterocycles. The van der Waals surface area contributed by atoms with Gasteiger partial charge in [-0.25, -0.2) is 0 Å². The third-order valence-corrected chi connectivity index (χ3v) is 4.29. The van der Waals surface area contributed by atoms with Crippen LogP contribution in [0.15, 0.2) is 24.3 Å². The van der Waals surface area contributed by atoms with Gasteiger partial charge in [0, 0.05) is 18.0 Å². The predicted octanol–water partition coefficient (Wildman–Crippen LogP) is 3.47. The van der Waals surface area contributed by atoms with Gasteiger partial charge in [-0.2, -0.15) is 0 Å². The Morgan fingerprint density at radius 2 is 2.10 bits per heavy atom. The van der Waals surface area contributed by atoms with Crippen LogP contribution in [0.2, 0.25) is 0 Å². The number of aliphatic hydroxyl groups excluding tert-OH is 1. The number of ether oxygens (including phenoxy) is 1. The van der Waals surface area contributed by atoms with Crippen molar-refractivity contribution in [1.82, 2.24) is 5.32 Å². The van der Waals surface area contributed by atoms with Gasteiger partial charge in [0.25, 0.3) is 0 Å². The molecule has 1 fully saturated rings. The summed E-state index contributed by atoms with van der Waals surface area (Å²) in [5.41, 5.74) is 1.13. The van der Waals surface area contributed by atoms with Crippen LogP contribution in [-0.4, -0.2) is 29.4 Å². The molecule has 2 N–H and O–H groups in total. The van der Waals surface area contributed by atoms with Gasteiger partial charge >= 0.3 is 0 Å². The Morgan fingerprint density at radius 1 is 1.33 bits per heavy atom. The number of hydrogen-bond donors (Lipinski definition) is 2. The van der Waals surface area contributed by atoms with E-state index in [1.54, 1.807) is 0 Å². The van der Waals surface area contributed by atoms with E-state index in [0.29, 0.717) is 12.0 Å². The first kappa shape index (κ1) is 16.3. The van der Waals surface area contributed by atoms with E-state index in [2.05, 4.69) is 51.2 Å². The van der Waals surface area contributed by atoms with Gasteiger partial charge in [0.05, 0.1) is 6.61 Å². The molecule has 21 heavy (non-hydrogen) atoms. The maximum Gasteiger partial charge on any atom is 0.120 e. The minimum Gasteiger partial charge on any atom is -0.490 e. The Labute approximate surface area is 128 Å². The van der Waals surface area contributed by atoms with Gasteiger partial charge < -0.3 is 15.2 Å². The molecule has 3 heteroatoms. The molecule has 1 aromatic carbocycles. The molecule has 2 rings (SSSR count). The molecular weight excluding hydrogens is 262 g/mol. The van der Waals surface area contributed by atoms with Crippen molar-refractivity contribution >= 4 is 0 Å². The van der Waals surface area contributed by atoms with Gasteiger partial charge in [-0.1, -0.05) is 39.8 Å². The maximum atomic E-state index is 9.75. The summed E-state index contributed by atoms with van der Waals surface area (Å²) in [6.45, 7) is 8.81. The fourth-order valence-electron chi connectivity index (χ4n) is 3.25. The second kappa shape index (κ2) is 6.80. The van der Waals surface area contributed by atoms with Crippen LogP contribution in [0.3, 0.4) is 0 Å². The van der Waals surface area contributed by atoms with E-state index in [9.17, 15) is 5.11 Å². The van der Waals surface area contributed by atoms with E-state index in [-0.39, 0.29) is 18.2 Å². The molecule has 0 aliphatic heterocycles. The SMILES string of the molecule is CC(C)NC1(CO)CCC(Oc2cccc(C(C)C)c2)C1. The Hall–Kier alpha value is -1.06. The first-order chi connectivity index (χ1) is 9.94. The van der Waals surface area contributed by atoms with Crippen LogP contribution in [0.1, 0.15) is 58.4 Å². The Kier molecular flexibility index (Phi) is 5.28. The normalized spacial score (nSPS) is 25.8. The van der Waals surface area contributed by atoms with Crippen molar-refractivity contribution in [3.63, 3.8) is 0 Å². The van der Waals surface area contributed by atoms with Crippen LogP contribution in [0.5, 0.6) is 5.75 Å². The van der Waals surface area contributed by atoms with Gasteiger partial charge in [-0.3, -0.25) is 0 Å². The summed E-state index contributed by atoms with van der Waals surface area (Å²) in [4.78, 5) is 0. The average Bonchev–Trinajstić information content (AvgIpc) is 2.82. The van der Waals surface area contributed by atoms with E-state index in [1.807, 2.05) is 6.07 Å². The lowest BCUT2D eigenvalue weighted by Crippen LogP contribution is -2.50. The Balaban J connectivity index is 2.00. The average molecular weight is 291 g/mol. The molecule has 1 aliphatic rings. The largest absolute Gasteiger partial charge is 0.490 e. The first-order valence-corrected chi connectivity index (χ1v) is 8.09. The topological polar surface area (TPSA) is 41.5 Å². The molecule has 1 aromatic rings. The lowest BCUT2D eigenvalue weighted by Gasteiger charge is -2.31. The molecule has 0 amide bonds. The van der Waals surface area contributed by atoms with Crippen molar-refractivity contribution in [2.75, 3.05) is 6.61 Å². The summed E-state index contributed by atoms with van der Waals surface area (Å²) in [7, 11) is 0. The summed E-state index contributed by atoms with van der Waals surface area (Å²) >= 11 is 0. The van der Waals surface area contributed by atoms with Crippen molar-refractivity contribution < 1.29 is 9.84 Å². The molecule has 0 heterocycles. The minimum absolute atomic E-state index is 0.172. The number of benzene rings is 1. The molecule has 0 radical (unpaired) electrons. The molecule has 1 saturated carbocycles. The molecule has 2 unspecified atom stereocenters. The lowest BCUT2D eigenvalue weighted by atomic mass is 9.97. The standard InChI is InChI=1S/C18H29NO2/c1-13(2)15-6-5-7-16(10-15)21-17-8-9-18(11-17,12-20)19-14(3)4/h5-7,10,13-14,17,19-20H,8-9,11-12H2,1-4H3. The molecule has 3 nitrogen and oxygen atoms in total. The minimum atomic E-state index is -0.172. The maximum absolute atomic E-state index is 9.75. The van der Waals surface area contributed by atoms with Crippen molar-refractivity contribution in [3.8, 4) is 5.75 Å². The molecule has 118 valence electrons. The van der Waals surface area contributed by atoms with Crippen LogP contribution in [0.25, 0.3) is 0 Å². The third-order valence-electron chi connectivity index (χ3n) is 4.29. The monoisotopic (exact) mass is 291 g/mol. The quantitative estimate of drug-likeness (QED) is 0.843. The lowest BCUT2D eigenvalue weighted by molar-refractivity contribution is 0.133. The summed E-state index contributed by atoms with van der Waals surface area (Å²) in [5.74, 6) is 1.46. The van der Waals surface area contributed by atoms with Crippen LogP contribution < -0.4 is 10.1 Å². The highest BCUT2D eigenvalue weighted by molar-refractivity contribution is 5.30. The molecule has 0 spiro atoms. The van der Waals surface area contributed by atoms with Gasteiger partial charge in [-0.15, -0.1) is 0 Å². The molecule has 2 atom stereocenters. The zero-order valence-corrected chi connectivity index (χ0v) is 13.7. The zero-order chi connectivity index (χ0) is 15.5. The van der Waals surface area contributed by atoms with Crippen LogP contribution in [0, 0.1) is 0 Å². The van der Waals surface area contributed by atoms with Gasteiger partial charge in [0.1, 0.15) is 11.9 Å². The smallest absolute Gasteiger partial charge is 0.120 e. The van der Waals surface area contributed by atoms with Gasteiger partial charge in [0.15, 0.2) is 0 Å². The molecule has 1 aliphatic carbocycles.